The maximum Gasteiger partial charge on any atom is 0.274 e. The van der Waals surface area contributed by atoms with E-state index in [0.717, 1.165) is 30.1 Å². The molecule has 1 atom stereocenters. The minimum Gasteiger partial charge on any atom is -0.370 e. The summed E-state index contributed by atoms with van der Waals surface area (Å²) in [6, 6.07) is 8.11. The fraction of sp³-hybridized carbons (Fsp3) is 0.429. The Morgan fingerprint density at radius 2 is 2.00 bits per heavy atom. The van der Waals surface area contributed by atoms with Crippen LogP contribution in [-0.2, 0) is 0 Å². The lowest BCUT2D eigenvalue weighted by molar-refractivity contribution is 0.0688. The van der Waals surface area contributed by atoms with Crippen LogP contribution in [0.5, 0.6) is 0 Å². The third kappa shape index (κ3) is 3.56. The van der Waals surface area contributed by atoms with Crippen molar-refractivity contribution in [3.8, 4) is 0 Å². The van der Waals surface area contributed by atoms with Gasteiger partial charge in [0.1, 0.15) is 17.1 Å². The first-order chi connectivity index (χ1) is 13.4. The van der Waals surface area contributed by atoms with Crippen LogP contribution in [-0.4, -0.2) is 50.8 Å². The summed E-state index contributed by atoms with van der Waals surface area (Å²) >= 11 is 0. The van der Waals surface area contributed by atoms with E-state index in [1.807, 2.05) is 23.1 Å². The standard InChI is InChI=1S/C21H26N6O/c1-20(2,3)26-19-21(25-16-8-5-4-7-15(16)24-19)9-6-12-27(14-21)18(28)17-13-22-10-11-23-17/h4-5,7-8,10-11,13,25H,6,9,12,14H2,1-3H3,(H,24,26). The van der Waals surface area contributed by atoms with Crippen LogP contribution in [0.15, 0.2) is 47.8 Å². The van der Waals surface area contributed by atoms with Gasteiger partial charge in [-0.3, -0.25) is 14.8 Å². The molecule has 1 aromatic carbocycles. The predicted octanol–water partition coefficient (Wildman–Crippen LogP) is 3.19. The molecule has 1 spiro atoms. The van der Waals surface area contributed by atoms with Crippen LogP contribution in [0, 0.1) is 0 Å². The highest BCUT2D eigenvalue weighted by Crippen LogP contribution is 2.37. The number of piperidine rings is 1. The minimum absolute atomic E-state index is 0.0945. The van der Waals surface area contributed by atoms with Crippen molar-refractivity contribution in [3.05, 3.63) is 48.5 Å². The van der Waals surface area contributed by atoms with E-state index in [0.29, 0.717) is 18.8 Å². The summed E-state index contributed by atoms with van der Waals surface area (Å²) in [6.45, 7) is 7.48. The molecule has 2 N–H and O–H groups in total. The van der Waals surface area contributed by atoms with Gasteiger partial charge < -0.3 is 15.5 Å². The van der Waals surface area contributed by atoms with Crippen molar-refractivity contribution in [2.75, 3.05) is 23.7 Å². The SMILES string of the molecule is CC(C)(C)N=C1Nc2ccccc2NC12CCCN(C(=O)c1cnccn1)C2. The van der Waals surface area contributed by atoms with Gasteiger partial charge in [0.15, 0.2) is 0 Å². The number of carbonyl (C=O) groups is 1. The first-order valence-electron chi connectivity index (χ1n) is 9.66. The number of carbonyl (C=O) groups excluding carboxylic acids is 1. The lowest BCUT2D eigenvalue weighted by Crippen LogP contribution is -2.63. The zero-order valence-electron chi connectivity index (χ0n) is 16.6. The number of anilines is 2. The fourth-order valence-corrected chi connectivity index (χ4v) is 3.83. The molecule has 1 fully saturated rings. The number of hydrogen-bond donors (Lipinski definition) is 2. The van der Waals surface area contributed by atoms with E-state index < -0.39 is 5.54 Å². The molecule has 0 aliphatic carbocycles. The quantitative estimate of drug-likeness (QED) is 0.796. The van der Waals surface area contributed by atoms with Crippen LogP contribution in [0.1, 0.15) is 44.1 Å². The van der Waals surface area contributed by atoms with Crippen molar-refractivity contribution in [2.24, 2.45) is 4.99 Å². The Hall–Kier alpha value is -2.96. The van der Waals surface area contributed by atoms with Crippen molar-refractivity contribution in [1.29, 1.82) is 0 Å². The zero-order chi connectivity index (χ0) is 19.8. The first kappa shape index (κ1) is 18.4. The summed E-state index contributed by atoms with van der Waals surface area (Å²) < 4.78 is 0. The predicted molar refractivity (Wildman–Crippen MR) is 111 cm³/mol. The molecule has 28 heavy (non-hydrogen) atoms. The smallest absolute Gasteiger partial charge is 0.274 e. The number of fused-ring (bicyclic) bond motifs is 1. The highest BCUT2D eigenvalue weighted by molar-refractivity contribution is 6.10. The Balaban J connectivity index is 1.70. The topological polar surface area (TPSA) is 82.5 Å². The maximum absolute atomic E-state index is 13.0. The number of likely N-dealkylation sites (tertiary alicyclic amines) is 1. The van der Waals surface area contributed by atoms with E-state index in [9.17, 15) is 4.79 Å². The second-order valence-electron chi connectivity index (χ2n) is 8.43. The van der Waals surface area contributed by atoms with E-state index in [4.69, 9.17) is 4.99 Å². The number of hydrogen-bond acceptors (Lipinski definition) is 5. The first-order valence-corrected chi connectivity index (χ1v) is 9.66. The van der Waals surface area contributed by atoms with E-state index in [1.165, 1.54) is 6.20 Å². The molecule has 1 aromatic heterocycles. The number of nitrogens with zero attached hydrogens (tertiary/aromatic N) is 4. The van der Waals surface area contributed by atoms with Gasteiger partial charge in [0.25, 0.3) is 5.91 Å². The molecule has 7 heteroatoms. The molecule has 1 saturated heterocycles. The van der Waals surface area contributed by atoms with Crippen molar-refractivity contribution in [1.82, 2.24) is 14.9 Å². The minimum atomic E-state index is -0.447. The zero-order valence-corrected chi connectivity index (χ0v) is 16.6. The number of aromatic nitrogens is 2. The Labute approximate surface area is 165 Å². The molecule has 1 unspecified atom stereocenters. The van der Waals surface area contributed by atoms with Gasteiger partial charge in [-0.05, 0) is 45.7 Å². The Morgan fingerprint density at radius 1 is 1.21 bits per heavy atom. The summed E-state index contributed by atoms with van der Waals surface area (Å²) in [5, 5.41) is 7.23. The lowest BCUT2D eigenvalue weighted by atomic mass is 9.84. The fourth-order valence-electron chi connectivity index (χ4n) is 3.83. The van der Waals surface area contributed by atoms with Gasteiger partial charge in [-0.15, -0.1) is 0 Å². The molecule has 2 aromatic rings. The van der Waals surface area contributed by atoms with E-state index >= 15 is 0 Å². The molecule has 146 valence electrons. The van der Waals surface area contributed by atoms with Gasteiger partial charge in [-0.1, -0.05) is 12.1 Å². The number of para-hydroxylation sites is 2. The number of amidine groups is 1. The summed E-state index contributed by atoms with van der Waals surface area (Å²) in [6.07, 6.45) is 6.43. The van der Waals surface area contributed by atoms with E-state index in [2.05, 4.69) is 47.4 Å². The Kier molecular flexibility index (Phi) is 4.53. The van der Waals surface area contributed by atoms with Crippen LogP contribution in [0.25, 0.3) is 0 Å². The van der Waals surface area contributed by atoms with Crippen molar-refractivity contribution >= 4 is 23.1 Å². The van der Waals surface area contributed by atoms with Crippen molar-refractivity contribution in [2.45, 2.75) is 44.7 Å². The molecule has 0 saturated carbocycles. The van der Waals surface area contributed by atoms with Crippen LogP contribution in [0.3, 0.4) is 0 Å². The molecule has 2 aliphatic heterocycles. The van der Waals surface area contributed by atoms with Crippen LogP contribution in [0.4, 0.5) is 11.4 Å². The second kappa shape index (κ2) is 6.89. The number of amides is 1. The van der Waals surface area contributed by atoms with Gasteiger partial charge in [-0.25, -0.2) is 4.98 Å². The average Bonchev–Trinajstić information content (AvgIpc) is 2.68. The van der Waals surface area contributed by atoms with Crippen LogP contribution >= 0.6 is 0 Å². The third-order valence-corrected chi connectivity index (χ3v) is 5.02. The summed E-state index contributed by atoms with van der Waals surface area (Å²) in [5.74, 6) is 0.790. The Bertz CT molecular complexity index is 905. The van der Waals surface area contributed by atoms with Gasteiger partial charge in [-0.2, -0.15) is 0 Å². The van der Waals surface area contributed by atoms with Gasteiger partial charge in [0, 0.05) is 18.9 Å². The number of rotatable bonds is 1. The largest absolute Gasteiger partial charge is 0.370 e. The normalized spacial score (nSPS) is 23.1. The maximum atomic E-state index is 13.0. The number of benzene rings is 1. The van der Waals surface area contributed by atoms with Crippen LogP contribution in [0.2, 0.25) is 0 Å². The summed E-state index contributed by atoms with van der Waals surface area (Å²) in [5.41, 5.74) is 1.73. The van der Waals surface area contributed by atoms with Crippen LogP contribution < -0.4 is 10.6 Å². The van der Waals surface area contributed by atoms with Crippen molar-refractivity contribution in [3.63, 3.8) is 0 Å². The van der Waals surface area contributed by atoms with Gasteiger partial charge in [0.2, 0.25) is 0 Å². The average molecular weight is 378 g/mol. The Morgan fingerprint density at radius 3 is 2.71 bits per heavy atom. The molecule has 2 aliphatic rings. The monoisotopic (exact) mass is 378 g/mol. The van der Waals surface area contributed by atoms with Gasteiger partial charge in [0.05, 0.1) is 29.7 Å². The third-order valence-electron chi connectivity index (χ3n) is 5.02. The second-order valence-corrected chi connectivity index (χ2v) is 8.43. The van der Waals surface area contributed by atoms with E-state index in [1.54, 1.807) is 12.4 Å². The van der Waals surface area contributed by atoms with Gasteiger partial charge >= 0.3 is 0 Å². The molecular weight excluding hydrogens is 352 g/mol. The van der Waals surface area contributed by atoms with Crippen molar-refractivity contribution < 1.29 is 4.79 Å². The lowest BCUT2D eigenvalue weighted by Gasteiger charge is -2.47. The molecule has 0 radical (unpaired) electrons. The number of aliphatic imine (C=N–C) groups is 1. The number of nitrogens with one attached hydrogen (secondary N) is 2. The molecule has 1 amide bonds. The molecule has 3 heterocycles. The molecule has 7 nitrogen and oxygen atoms in total. The molecular formula is C21H26N6O. The highest BCUT2D eigenvalue weighted by Gasteiger charge is 2.45. The molecule has 0 bridgehead atoms. The highest BCUT2D eigenvalue weighted by atomic mass is 16.2. The summed E-state index contributed by atoms with van der Waals surface area (Å²) in [4.78, 5) is 28.1. The molecule has 4 rings (SSSR count). The summed E-state index contributed by atoms with van der Waals surface area (Å²) in [7, 11) is 0. The van der Waals surface area contributed by atoms with E-state index in [-0.39, 0.29) is 11.4 Å².